The van der Waals surface area contributed by atoms with Gasteiger partial charge in [0.2, 0.25) is 0 Å². The summed E-state index contributed by atoms with van der Waals surface area (Å²) in [6.45, 7) is 0. The van der Waals surface area contributed by atoms with Gasteiger partial charge in [-0.25, -0.2) is 0 Å². The van der Waals surface area contributed by atoms with Crippen LogP contribution >= 0.6 is 11.3 Å². The van der Waals surface area contributed by atoms with Gasteiger partial charge in [0, 0.05) is 31.5 Å². The molecule has 0 fully saturated rings. The number of hydrogen-bond donors (Lipinski definition) is 0. The summed E-state index contributed by atoms with van der Waals surface area (Å²) in [6, 6.07) is 59.7. The molecule has 0 aliphatic heterocycles. The number of rotatable bonds is 4. The summed E-state index contributed by atoms with van der Waals surface area (Å²) in [5, 5.41) is 10.4. The van der Waals surface area contributed by atoms with Crippen molar-refractivity contribution >= 4 is 80.9 Å². The third-order valence-corrected chi connectivity index (χ3v) is 9.97. The van der Waals surface area contributed by atoms with Crippen LogP contribution in [-0.4, -0.2) is 0 Å². The van der Waals surface area contributed by atoms with Crippen LogP contribution < -0.4 is 4.90 Å². The highest BCUT2D eigenvalue weighted by molar-refractivity contribution is 7.26. The number of benzene rings is 8. The first kappa shape index (κ1) is 25.1. The fraction of sp³-hybridized carbons (Fsp3) is 0. The van der Waals surface area contributed by atoms with Crippen molar-refractivity contribution in [2.24, 2.45) is 0 Å². The van der Waals surface area contributed by atoms with Gasteiger partial charge in [0.1, 0.15) is 0 Å². The Morgan fingerprint density at radius 1 is 0.364 bits per heavy atom. The van der Waals surface area contributed by atoms with Gasteiger partial charge < -0.3 is 4.90 Å². The Kier molecular flexibility index (Phi) is 5.75. The number of hydrogen-bond acceptors (Lipinski definition) is 2. The molecule has 0 amide bonds. The monoisotopic (exact) mass is 577 g/mol. The van der Waals surface area contributed by atoms with Gasteiger partial charge >= 0.3 is 0 Å². The van der Waals surface area contributed by atoms with Gasteiger partial charge in [-0.15, -0.1) is 11.3 Å². The van der Waals surface area contributed by atoms with Crippen LogP contribution in [0.1, 0.15) is 0 Å². The van der Waals surface area contributed by atoms with Crippen LogP contribution in [0, 0.1) is 0 Å². The number of thiophene rings is 1. The standard InChI is InChI=1S/C42H27NS/c1-2-10-32(11-3-1)43(39-14-8-16-41-42(39)38-13-6-7-15-40(38)44-41)33-22-17-28(18-23-33)30-20-24-35-31(27-30)21-26-36-34-12-5-4-9-29(34)19-25-37(35)36/h1-27H. The van der Waals surface area contributed by atoms with Crippen molar-refractivity contribution in [1.29, 1.82) is 0 Å². The van der Waals surface area contributed by atoms with Crippen molar-refractivity contribution < 1.29 is 0 Å². The van der Waals surface area contributed by atoms with Crippen LogP contribution in [0.3, 0.4) is 0 Å². The molecule has 0 saturated heterocycles. The first-order valence-electron chi connectivity index (χ1n) is 15.0. The van der Waals surface area contributed by atoms with Crippen molar-refractivity contribution in [3.63, 3.8) is 0 Å². The van der Waals surface area contributed by atoms with Gasteiger partial charge in [0.05, 0.1) is 5.69 Å². The first-order chi connectivity index (χ1) is 21.8. The molecule has 206 valence electrons. The maximum absolute atomic E-state index is 2.39. The SMILES string of the molecule is c1ccc(N(c2ccc(-c3ccc4c(ccc5c6ccccc6ccc45)c3)cc2)c2cccc3sc4ccccc4c23)cc1. The lowest BCUT2D eigenvalue weighted by Crippen LogP contribution is -2.10. The molecule has 0 saturated carbocycles. The van der Waals surface area contributed by atoms with E-state index in [1.54, 1.807) is 0 Å². The lowest BCUT2D eigenvalue weighted by atomic mass is 9.95. The average molecular weight is 578 g/mol. The van der Waals surface area contributed by atoms with E-state index in [0.29, 0.717) is 0 Å². The van der Waals surface area contributed by atoms with Gasteiger partial charge in [0.15, 0.2) is 0 Å². The Labute approximate surface area is 259 Å². The minimum Gasteiger partial charge on any atom is -0.310 e. The molecule has 1 heterocycles. The molecule has 0 bridgehead atoms. The number of para-hydroxylation sites is 1. The Bertz CT molecular complexity index is 2490. The van der Waals surface area contributed by atoms with Crippen molar-refractivity contribution in [1.82, 2.24) is 0 Å². The zero-order valence-electron chi connectivity index (χ0n) is 23.9. The van der Waals surface area contributed by atoms with Crippen molar-refractivity contribution in [3.8, 4) is 11.1 Å². The molecule has 8 aromatic carbocycles. The predicted octanol–water partition coefficient (Wildman–Crippen LogP) is 12.7. The first-order valence-corrected chi connectivity index (χ1v) is 15.8. The summed E-state index contributed by atoms with van der Waals surface area (Å²) in [5.41, 5.74) is 5.92. The van der Waals surface area contributed by atoms with Crippen LogP contribution in [0.4, 0.5) is 17.1 Å². The summed E-state index contributed by atoms with van der Waals surface area (Å²) in [5.74, 6) is 0. The van der Waals surface area contributed by atoms with E-state index in [4.69, 9.17) is 0 Å². The van der Waals surface area contributed by atoms with Crippen LogP contribution in [0.25, 0.3) is 63.6 Å². The second-order valence-electron chi connectivity index (χ2n) is 11.3. The molecular formula is C42H27NS. The van der Waals surface area contributed by atoms with E-state index in [9.17, 15) is 0 Å². The highest BCUT2D eigenvalue weighted by Crippen LogP contribution is 2.45. The second-order valence-corrected chi connectivity index (χ2v) is 12.4. The Morgan fingerprint density at radius 3 is 1.82 bits per heavy atom. The number of fused-ring (bicyclic) bond motifs is 8. The van der Waals surface area contributed by atoms with E-state index < -0.39 is 0 Å². The quantitative estimate of drug-likeness (QED) is 0.188. The van der Waals surface area contributed by atoms with Gasteiger partial charge in [-0.05, 0) is 92.0 Å². The molecule has 2 heteroatoms. The van der Waals surface area contributed by atoms with Crippen LogP contribution in [0.5, 0.6) is 0 Å². The normalized spacial score (nSPS) is 11.6. The summed E-state index contributed by atoms with van der Waals surface area (Å²) in [4.78, 5) is 2.39. The van der Waals surface area contributed by atoms with Gasteiger partial charge in [-0.1, -0.05) is 115 Å². The van der Waals surface area contributed by atoms with Crippen LogP contribution in [-0.2, 0) is 0 Å². The summed E-state index contributed by atoms with van der Waals surface area (Å²) in [7, 11) is 0. The fourth-order valence-electron chi connectivity index (χ4n) is 6.76. The maximum atomic E-state index is 2.39. The van der Waals surface area contributed by atoms with E-state index >= 15 is 0 Å². The van der Waals surface area contributed by atoms with E-state index in [1.165, 1.54) is 69.3 Å². The molecule has 0 unspecified atom stereocenters. The van der Waals surface area contributed by atoms with Crippen LogP contribution in [0.15, 0.2) is 164 Å². The topological polar surface area (TPSA) is 3.24 Å². The third kappa shape index (κ3) is 4.00. The molecule has 1 aromatic heterocycles. The zero-order chi connectivity index (χ0) is 29.0. The molecule has 0 aliphatic rings. The van der Waals surface area contributed by atoms with E-state index in [2.05, 4.69) is 169 Å². The minimum atomic E-state index is 1.14. The molecule has 9 aromatic rings. The molecule has 9 rings (SSSR count). The molecule has 44 heavy (non-hydrogen) atoms. The van der Waals surface area contributed by atoms with Gasteiger partial charge in [-0.3, -0.25) is 0 Å². The number of nitrogens with zero attached hydrogens (tertiary/aromatic N) is 1. The Morgan fingerprint density at radius 2 is 0.977 bits per heavy atom. The zero-order valence-corrected chi connectivity index (χ0v) is 24.8. The van der Waals surface area contributed by atoms with Gasteiger partial charge in [0.25, 0.3) is 0 Å². The molecule has 0 spiro atoms. The summed E-state index contributed by atoms with van der Waals surface area (Å²) in [6.07, 6.45) is 0. The molecule has 0 aliphatic carbocycles. The van der Waals surface area contributed by atoms with Crippen LogP contribution in [0.2, 0.25) is 0 Å². The lowest BCUT2D eigenvalue weighted by molar-refractivity contribution is 1.30. The highest BCUT2D eigenvalue weighted by atomic mass is 32.1. The van der Waals surface area contributed by atoms with Crippen molar-refractivity contribution in [2.75, 3.05) is 4.90 Å². The van der Waals surface area contributed by atoms with E-state index in [-0.39, 0.29) is 0 Å². The predicted molar refractivity (Wildman–Crippen MR) is 192 cm³/mol. The molecule has 0 radical (unpaired) electrons. The average Bonchev–Trinajstić information content (AvgIpc) is 3.48. The maximum Gasteiger partial charge on any atom is 0.0554 e. The fourth-order valence-corrected chi connectivity index (χ4v) is 7.88. The highest BCUT2D eigenvalue weighted by Gasteiger charge is 2.18. The Balaban J connectivity index is 1.15. The summed E-state index contributed by atoms with van der Waals surface area (Å²) < 4.78 is 2.62. The van der Waals surface area contributed by atoms with Gasteiger partial charge in [-0.2, -0.15) is 0 Å². The van der Waals surface area contributed by atoms with Crippen molar-refractivity contribution in [3.05, 3.63) is 164 Å². The molecule has 0 atom stereocenters. The second kappa shape index (κ2) is 10.1. The minimum absolute atomic E-state index is 1.14. The largest absolute Gasteiger partial charge is 0.310 e. The molecular weight excluding hydrogens is 551 g/mol. The molecule has 1 nitrogen and oxygen atoms in total. The van der Waals surface area contributed by atoms with Crippen molar-refractivity contribution in [2.45, 2.75) is 0 Å². The lowest BCUT2D eigenvalue weighted by Gasteiger charge is -2.26. The molecule has 0 N–H and O–H groups in total. The summed E-state index contributed by atoms with van der Waals surface area (Å²) >= 11 is 1.86. The smallest absolute Gasteiger partial charge is 0.0554 e. The Hall–Kier alpha value is -5.44. The number of anilines is 3. The van der Waals surface area contributed by atoms with E-state index in [0.717, 1.165) is 11.4 Å². The van der Waals surface area contributed by atoms with E-state index in [1.807, 2.05) is 11.3 Å². The third-order valence-electron chi connectivity index (χ3n) is 8.84.